The Bertz CT molecular complexity index is 267. The molecule has 0 aromatic heterocycles. The van der Waals surface area contributed by atoms with Crippen LogP contribution in [0.15, 0.2) is 0 Å². The number of fused-ring (bicyclic) bond motifs is 2. The standard InChI is InChI=1S/C14H25NO2/c15-6-2-1-3-12(14(16)17)9-13-8-10-4-5-11(13)7-10/h10-13H,1-9,15H2,(H,16,17). The fraction of sp³-hybridized carbons (Fsp3) is 0.929. The van der Waals surface area contributed by atoms with E-state index in [-0.39, 0.29) is 5.92 Å². The number of hydrogen-bond donors (Lipinski definition) is 2. The van der Waals surface area contributed by atoms with Gasteiger partial charge in [0, 0.05) is 0 Å². The summed E-state index contributed by atoms with van der Waals surface area (Å²) in [6.07, 6.45) is 9.08. The lowest BCUT2D eigenvalue weighted by atomic mass is 9.81. The van der Waals surface area contributed by atoms with Crippen LogP contribution in [-0.4, -0.2) is 17.6 Å². The number of carbonyl (C=O) groups is 1. The van der Waals surface area contributed by atoms with Gasteiger partial charge in [0.2, 0.25) is 0 Å². The molecule has 2 saturated carbocycles. The Morgan fingerprint density at radius 2 is 2.12 bits per heavy atom. The second-order valence-corrected chi connectivity index (χ2v) is 5.99. The van der Waals surface area contributed by atoms with E-state index in [1.54, 1.807) is 0 Å². The number of nitrogens with two attached hydrogens (primary N) is 1. The normalized spacial score (nSPS) is 32.9. The van der Waals surface area contributed by atoms with Crippen LogP contribution in [0.25, 0.3) is 0 Å². The molecule has 2 bridgehead atoms. The molecule has 98 valence electrons. The Labute approximate surface area is 104 Å². The number of carboxylic acids is 1. The third-order valence-corrected chi connectivity index (χ3v) is 4.83. The van der Waals surface area contributed by atoms with Gasteiger partial charge < -0.3 is 10.8 Å². The molecule has 0 heterocycles. The van der Waals surface area contributed by atoms with Crippen LogP contribution in [0.4, 0.5) is 0 Å². The van der Waals surface area contributed by atoms with Gasteiger partial charge in [0.05, 0.1) is 5.92 Å². The Morgan fingerprint density at radius 1 is 1.29 bits per heavy atom. The van der Waals surface area contributed by atoms with Gasteiger partial charge in [-0.3, -0.25) is 4.79 Å². The van der Waals surface area contributed by atoms with Crippen LogP contribution < -0.4 is 5.73 Å². The van der Waals surface area contributed by atoms with Crippen molar-refractivity contribution in [2.75, 3.05) is 6.54 Å². The summed E-state index contributed by atoms with van der Waals surface area (Å²) in [6, 6.07) is 0. The van der Waals surface area contributed by atoms with E-state index in [0.29, 0.717) is 12.5 Å². The van der Waals surface area contributed by atoms with E-state index in [9.17, 15) is 9.90 Å². The average molecular weight is 239 g/mol. The molecule has 0 aliphatic heterocycles. The highest BCUT2D eigenvalue weighted by atomic mass is 16.4. The molecule has 3 heteroatoms. The quantitative estimate of drug-likeness (QED) is 0.671. The predicted molar refractivity (Wildman–Crippen MR) is 67.6 cm³/mol. The molecule has 4 atom stereocenters. The first-order valence-corrected chi connectivity index (χ1v) is 7.13. The maximum Gasteiger partial charge on any atom is 0.306 e. The molecule has 2 aliphatic carbocycles. The zero-order valence-corrected chi connectivity index (χ0v) is 10.6. The molecule has 0 saturated heterocycles. The van der Waals surface area contributed by atoms with E-state index in [4.69, 9.17) is 5.73 Å². The maximum atomic E-state index is 11.3. The van der Waals surface area contributed by atoms with Gasteiger partial charge in [-0.2, -0.15) is 0 Å². The number of rotatable bonds is 7. The Kier molecular flexibility index (Phi) is 4.43. The first-order valence-electron chi connectivity index (χ1n) is 7.13. The lowest BCUT2D eigenvalue weighted by molar-refractivity contribution is -0.142. The van der Waals surface area contributed by atoms with Crippen LogP contribution in [0.3, 0.4) is 0 Å². The highest BCUT2D eigenvalue weighted by Crippen LogP contribution is 2.50. The molecule has 3 nitrogen and oxygen atoms in total. The van der Waals surface area contributed by atoms with Crippen molar-refractivity contribution in [3.8, 4) is 0 Å². The molecule has 4 unspecified atom stereocenters. The maximum absolute atomic E-state index is 11.3. The van der Waals surface area contributed by atoms with E-state index < -0.39 is 5.97 Å². The van der Waals surface area contributed by atoms with Crippen molar-refractivity contribution in [2.24, 2.45) is 29.4 Å². The summed E-state index contributed by atoms with van der Waals surface area (Å²) in [5.41, 5.74) is 5.46. The van der Waals surface area contributed by atoms with Crippen molar-refractivity contribution in [2.45, 2.75) is 51.4 Å². The molecule has 3 N–H and O–H groups in total. The van der Waals surface area contributed by atoms with Crippen LogP contribution >= 0.6 is 0 Å². The Morgan fingerprint density at radius 3 is 2.65 bits per heavy atom. The Hall–Kier alpha value is -0.570. The SMILES string of the molecule is NCCCCC(CC1CC2CCC1C2)C(=O)O. The lowest BCUT2D eigenvalue weighted by Crippen LogP contribution is -2.21. The van der Waals surface area contributed by atoms with Crippen LogP contribution in [0, 0.1) is 23.7 Å². The summed E-state index contributed by atoms with van der Waals surface area (Å²) in [5, 5.41) is 9.27. The second-order valence-electron chi connectivity index (χ2n) is 5.99. The molecule has 2 rings (SSSR count). The largest absolute Gasteiger partial charge is 0.481 e. The van der Waals surface area contributed by atoms with Crippen molar-refractivity contribution in [3.63, 3.8) is 0 Å². The third kappa shape index (κ3) is 3.21. The summed E-state index contributed by atoms with van der Waals surface area (Å²) in [6.45, 7) is 0.681. The zero-order valence-electron chi connectivity index (χ0n) is 10.6. The summed E-state index contributed by atoms with van der Waals surface area (Å²) >= 11 is 0. The molecule has 2 fully saturated rings. The van der Waals surface area contributed by atoms with E-state index in [0.717, 1.165) is 37.5 Å². The smallest absolute Gasteiger partial charge is 0.306 e. The van der Waals surface area contributed by atoms with Gasteiger partial charge in [-0.25, -0.2) is 0 Å². The summed E-state index contributed by atoms with van der Waals surface area (Å²) in [4.78, 5) is 11.3. The van der Waals surface area contributed by atoms with Crippen molar-refractivity contribution < 1.29 is 9.90 Å². The molecule has 0 aromatic carbocycles. The minimum Gasteiger partial charge on any atom is -0.481 e. The second kappa shape index (κ2) is 5.85. The molecular formula is C14H25NO2. The molecule has 0 aromatic rings. The number of unbranched alkanes of at least 4 members (excludes halogenated alkanes) is 1. The van der Waals surface area contributed by atoms with E-state index in [1.807, 2.05) is 0 Å². The average Bonchev–Trinajstić information content (AvgIpc) is 2.89. The van der Waals surface area contributed by atoms with Crippen LogP contribution in [0.5, 0.6) is 0 Å². The van der Waals surface area contributed by atoms with Crippen molar-refractivity contribution in [3.05, 3.63) is 0 Å². The van der Waals surface area contributed by atoms with Gasteiger partial charge in [0.25, 0.3) is 0 Å². The fourth-order valence-electron chi connectivity index (χ4n) is 3.91. The minimum absolute atomic E-state index is 0.120. The van der Waals surface area contributed by atoms with Gasteiger partial charge in [-0.1, -0.05) is 12.8 Å². The summed E-state index contributed by atoms with van der Waals surface area (Å²) < 4.78 is 0. The molecule has 0 radical (unpaired) electrons. The molecule has 17 heavy (non-hydrogen) atoms. The van der Waals surface area contributed by atoms with Crippen LogP contribution in [-0.2, 0) is 4.79 Å². The van der Waals surface area contributed by atoms with Gasteiger partial charge >= 0.3 is 5.97 Å². The topological polar surface area (TPSA) is 63.3 Å². The highest BCUT2D eigenvalue weighted by Gasteiger charge is 2.40. The van der Waals surface area contributed by atoms with Gasteiger partial charge in [-0.15, -0.1) is 0 Å². The Balaban J connectivity index is 1.79. The van der Waals surface area contributed by atoms with Crippen molar-refractivity contribution in [1.29, 1.82) is 0 Å². The third-order valence-electron chi connectivity index (χ3n) is 4.83. The van der Waals surface area contributed by atoms with Crippen molar-refractivity contribution in [1.82, 2.24) is 0 Å². The molecule has 0 spiro atoms. The van der Waals surface area contributed by atoms with Gasteiger partial charge in [0.15, 0.2) is 0 Å². The van der Waals surface area contributed by atoms with E-state index in [2.05, 4.69) is 0 Å². The number of aliphatic carboxylic acids is 1. The van der Waals surface area contributed by atoms with Crippen molar-refractivity contribution >= 4 is 5.97 Å². The molecular weight excluding hydrogens is 214 g/mol. The monoisotopic (exact) mass is 239 g/mol. The van der Waals surface area contributed by atoms with Gasteiger partial charge in [0.1, 0.15) is 0 Å². The lowest BCUT2D eigenvalue weighted by Gasteiger charge is -2.24. The highest BCUT2D eigenvalue weighted by molar-refractivity contribution is 5.69. The molecule has 0 amide bonds. The molecule has 2 aliphatic rings. The van der Waals surface area contributed by atoms with E-state index in [1.165, 1.54) is 25.7 Å². The first kappa shape index (κ1) is 12.9. The van der Waals surface area contributed by atoms with Gasteiger partial charge in [-0.05, 0) is 62.8 Å². The predicted octanol–water partition coefficient (Wildman–Crippen LogP) is 2.64. The fourth-order valence-corrected chi connectivity index (χ4v) is 3.91. The van der Waals surface area contributed by atoms with Crippen LogP contribution in [0.2, 0.25) is 0 Å². The number of hydrogen-bond acceptors (Lipinski definition) is 2. The van der Waals surface area contributed by atoms with Crippen LogP contribution in [0.1, 0.15) is 51.4 Å². The number of carboxylic acid groups (broad SMARTS) is 1. The minimum atomic E-state index is -0.593. The summed E-state index contributed by atoms with van der Waals surface area (Å²) in [7, 11) is 0. The van der Waals surface area contributed by atoms with E-state index >= 15 is 0 Å². The zero-order chi connectivity index (χ0) is 12.3. The summed E-state index contributed by atoms with van der Waals surface area (Å²) in [5.74, 6) is 1.75. The first-order chi connectivity index (χ1) is 8.20.